The number of rotatable bonds is 6. The van der Waals surface area contributed by atoms with Crippen LogP contribution in [-0.2, 0) is 9.53 Å². The molecule has 0 radical (unpaired) electrons. The average Bonchev–Trinajstić information content (AvgIpc) is 3.43. The predicted octanol–water partition coefficient (Wildman–Crippen LogP) is 5.17. The molecule has 1 saturated heterocycles. The average molecular weight is 473 g/mol. The second-order valence-electron chi connectivity index (χ2n) is 8.32. The number of aromatic amines is 1. The highest BCUT2D eigenvalue weighted by molar-refractivity contribution is 6.00. The molecule has 2 N–H and O–H groups in total. The Balaban J connectivity index is 1.91. The lowest BCUT2D eigenvalue weighted by molar-refractivity contribution is -0.138. The number of nitrogens with one attached hydrogen (secondary N) is 1. The lowest BCUT2D eigenvalue weighted by atomic mass is 9.90. The van der Waals surface area contributed by atoms with Crippen LogP contribution in [0.3, 0.4) is 0 Å². The monoisotopic (exact) mass is 473 g/mol. The van der Waals surface area contributed by atoms with Gasteiger partial charge in [-0.15, -0.1) is 0 Å². The van der Waals surface area contributed by atoms with E-state index in [1.807, 2.05) is 0 Å². The molecule has 34 heavy (non-hydrogen) atoms. The third kappa shape index (κ3) is 3.58. The van der Waals surface area contributed by atoms with Crippen molar-refractivity contribution in [3.05, 3.63) is 53.4 Å². The molecule has 178 valence electrons. The number of H-pyrrole nitrogens is 1. The van der Waals surface area contributed by atoms with Crippen molar-refractivity contribution in [1.82, 2.24) is 14.8 Å². The van der Waals surface area contributed by atoms with Gasteiger partial charge < -0.3 is 19.1 Å². The predicted molar refractivity (Wildman–Crippen MR) is 118 cm³/mol. The van der Waals surface area contributed by atoms with E-state index in [4.69, 9.17) is 9.47 Å². The summed E-state index contributed by atoms with van der Waals surface area (Å²) in [7, 11) is 1.33. The minimum atomic E-state index is -1.96. The zero-order valence-electron chi connectivity index (χ0n) is 18.3. The molecule has 0 amide bonds. The first-order chi connectivity index (χ1) is 16.4. The molecule has 0 saturated carbocycles. The zero-order valence-corrected chi connectivity index (χ0v) is 18.3. The summed E-state index contributed by atoms with van der Waals surface area (Å²) in [6.45, 7) is 0.864. The number of carboxylic acids is 1. The van der Waals surface area contributed by atoms with Gasteiger partial charge in [-0.05, 0) is 31.0 Å². The number of aromatic nitrogens is 3. The molecule has 4 aromatic rings. The van der Waals surface area contributed by atoms with E-state index in [0.29, 0.717) is 48.3 Å². The quantitative estimate of drug-likeness (QED) is 0.403. The molecule has 3 heterocycles. The Kier molecular flexibility index (Phi) is 5.68. The van der Waals surface area contributed by atoms with Gasteiger partial charge in [-0.3, -0.25) is 9.89 Å². The van der Waals surface area contributed by atoms with Gasteiger partial charge in [0.05, 0.1) is 25.2 Å². The second-order valence-corrected chi connectivity index (χ2v) is 8.32. The number of halogens is 3. The Morgan fingerprint density at radius 3 is 2.79 bits per heavy atom. The van der Waals surface area contributed by atoms with Gasteiger partial charge in [0.2, 0.25) is 0 Å². The van der Waals surface area contributed by atoms with Crippen molar-refractivity contribution in [3.8, 4) is 11.4 Å². The third-order valence-electron chi connectivity index (χ3n) is 6.35. The van der Waals surface area contributed by atoms with E-state index in [0.717, 1.165) is 0 Å². The van der Waals surface area contributed by atoms with E-state index in [1.54, 1.807) is 10.6 Å². The molecule has 0 unspecified atom stereocenters. The first-order valence-corrected chi connectivity index (χ1v) is 10.9. The number of nitrogens with zero attached hydrogens (tertiary/aromatic N) is 2. The standard InChI is InChI=1S/C24H22F3N3O4/c1-33-18-9-14(2-3-15(18)25)30-17-8-13-11-28-29-23(13)22(27)21(17)20(16(26)10-19(31)32)24(30)12-4-6-34-7-5-12/h2-3,8-9,11-12,16H,4-7,10H2,1H3,(H,28,29)(H,31,32)/t16-/m1/s1. The van der Waals surface area contributed by atoms with Crippen molar-refractivity contribution < 1.29 is 32.5 Å². The molecule has 2 aromatic carbocycles. The molecule has 1 aliphatic rings. The summed E-state index contributed by atoms with van der Waals surface area (Å²) in [5.74, 6) is -2.87. The van der Waals surface area contributed by atoms with Gasteiger partial charge in [-0.2, -0.15) is 5.10 Å². The highest BCUT2D eigenvalue weighted by Gasteiger charge is 2.34. The molecule has 0 spiro atoms. The SMILES string of the molecule is COc1cc(-n2c(C3CCOCC3)c([C@H](F)CC(=O)O)c3c(F)c4[nH]ncc4cc32)ccc1F. The van der Waals surface area contributed by atoms with Crippen LogP contribution in [0.4, 0.5) is 13.2 Å². The Morgan fingerprint density at radius 1 is 1.32 bits per heavy atom. The number of carbonyl (C=O) groups is 1. The zero-order chi connectivity index (χ0) is 24.0. The lowest BCUT2D eigenvalue weighted by Gasteiger charge is -2.26. The molecule has 10 heteroatoms. The summed E-state index contributed by atoms with van der Waals surface area (Å²) in [6.07, 6.45) is -0.234. The molecular weight excluding hydrogens is 451 g/mol. The first-order valence-electron chi connectivity index (χ1n) is 10.9. The Labute approximate surface area is 192 Å². The Bertz CT molecular complexity index is 1390. The number of alkyl halides is 1. The summed E-state index contributed by atoms with van der Waals surface area (Å²) < 4.78 is 58.0. The number of aliphatic carboxylic acids is 1. The number of ether oxygens (including phenoxy) is 2. The number of carboxylic acid groups (broad SMARTS) is 1. The fourth-order valence-corrected chi connectivity index (χ4v) is 4.86. The summed E-state index contributed by atoms with van der Waals surface area (Å²) >= 11 is 0. The van der Waals surface area contributed by atoms with E-state index in [1.165, 1.54) is 31.5 Å². The van der Waals surface area contributed by atoms with E-state index >= 15 is 8.78 Å². The molecule has 1 atom stereocenters. The molecule has 2 aromatic heterocycles. The molecule has 1 aliphatic heterocycles. The fourth-order valence-electron chi connectivity index (χ4n) is 4.86. The maximum Gasteiger partial charge on any atom is 0.306 e. The smallest absolute Gasteiger partial charge is 0.306 e. The molecule has 1 fully saturated rings. The van der Waals surface area contributed by atoms with Crippen LogP contribution in [0.25, 0.3) is 27.5 Å². The highest BCUT2D eigenvalue weighted by atomic mass is 19.1. The van der Waals surface area contributed by atoms with Crippen LogP contribution < -0.4 is 4.74 Å². The first kappa shape index (κ1) is 22.3. The number of methoxy groups -OCH3 is 1. The largest absolute Gasteiger partial charge is 0.494 e. The van der Waals surface area contributed by atoms with Crippen LogP contribution >= 0.6 is 0 Å². The number of hydrogen-bond donors (Lipinski definition) is 2. The van der Waals surface area contributed by atoms with Crippen LogP contribution in [0.5, 0.6) is 5.75 Å². The third-order valence-corrected chi connectivity index (χ3v) is 6.35. The minimum absolute atomic E-state index is 0.0124. The normalized spacial score (nSPS) is 15.8. The van der Waals surface area contributed by atoms with Crippen LogP contribution in [-0.4, -0.2) is 46.2 Å². The second kappa shape index (κ2) is 8.68. The van der Waals surface area contributed by atoms with Gasteiger partial charge in [0, 0.05) is 52.9 Å². The topological polar surface area (TPSA) is 89.4 Å². The summed E-state index contributed by atoms with van der Waals surface area (Å²) in [6, 6.07) is 5.87. The Morgan fingerprint density at radius 2 is 2.09 bits per heavy atom. The number of fused-ring (bicyclic) bond motifs is 2. The van der Waals surface area contributed by atoms with Gasteiger partial charge in [-0.25, -0.2) is 13.2 Å². The summed E-state index contributed by atoms with van der Waals surface area (Å²) in [4.78, 5) is 11.4. The lowest BCUT2D eigenvalue weighted by Crippen LogP contribution is -2.19. The van der Waals surface area contributed by atoms with Crippen molar-refractivity contribution in [3.63, 3.8) is 0 Å². The van der Waals surface area contributed by atoms with Crippen molar-refractivity contribution in [2.24, 2.45) is 0 Å². The van der Waals surface area contributed by atoms with Crippen LogP contribution in [0.15, 0.2) is 30.5 Å². The maximum atomic E-state index is 15.8. The van der Waals surface area contributed by atoms with Crippen LogP contribution in [0.1, 0.15) is 42.6 Å². The summed E-state index contributed by atoms with van der Waals surface area (Å²) in [5.41, 5.74) is 1.33. The van der Waals surface area contributed by atoms with E-state index in [2.05, 4.69) is 10.2 Å². The highest BCUT2D eigenvalue weighted by Crippen LogP contribution is 2.45. The van der Waals surface area contributed by atoms with E-state index in [9.17, 15) is 14.3 Å². The van der Waals surface area contributed by atoms with Crippen molar-refractivity contribution in [1.29, 1.82) is 0 Å². The fraction of sp³-hybridized carbons (Fsp3) is 0.333. The molecular formula is C24H22F3N3O4. The maximum absolute atomic E-state index is 15.8. The minimum Gasteiger partial charge on any atom is -0.494 e. The van der Waals surface area contributed by atoms with Gasteiger partial charge in [0.1, 0.15) is 11.7 Å². The van der Waals surface area contributed by atoms with Gasteiger partial charge in [0.15, 0.2) is 17.4 Å². The Hall–Kier alpha value is -3.53. The number of hydrogen-bond acceptors (Lipinski definition) is 4. The molecule has 5 rings (SSSR count). The van der Waals surface area contributed by atoms with Gasteiger partial charge in [-0.1, -0.05) is 0 Å². The molecule has 0 bridgehead atoms. The van der Waals surface area contributed by atoms with Crippen LogP contribution in [0, 0.1) is 11.6 Å². The van der Waals surface area contributed by atoms with E-state index in [-0.39, 0.29) is 28.1 Å². The summed E-state index contributed by atoms with van der Waals surface area (Å²) in [5, 5.41) is 16.3. The molecule has 7 nitrogen and oxygen atoms in total. The number of benzene rings is 2. The van der Waals surface area contributed by atoms with Crippen molar-refractivity contribution in [2.45, 2.75) is 31.4 Å². The van der Waals surface area contributed by atoms with Gasteiger partial charge >= 0.3 is 5.97 Å². The van der Waals surface area contributed by atoms with Crippen molar-refractivity contribution >= 4 is 27.8 Å². The van der Waals surface area contributed by atoms with E-state index < -0.39 is 30.2 Å². The van der Waals surface area contributed by atoms with Crippen LogP contribution in [0.2, 0.25) is 0 Å². The van der Waals surface area contributed by atoms with Crippen molar-refractivity contribution in [2.75, 3.05) is 20.3 Å². The molecule has 0 aliphatic carbocycles. The van der Waals surface area contributed by atoms with Gasteiger partial charge in [0.25, 0.3) is 0 Å².